The third-order valence-electron chi connectivity index (χ3n) is 2.81. The van der Waals surface area contributed by atoms with Gasteiger partial charge < -0.3 is 5.32 Å². The van der Waals surface area contributed by atoms with Crippen LogP contribution in [0.25, 0.3) is 0 Å². The molecule has 4 nitrogen and oxygen atoms in total. The summed E-state index contributed by atoms with van der Waals surface area (Å²) < 4.78 is 13.5. The second-order valence-electron chi connectivity index (χ2n) is 4.93. The molecular formula is C15H21FN2O2. The van der Waals surface area contributed by atoms with Crippen molar-refractivity contribution >= 4 is 11.7 Å². The van der Waals surface area contributed by atoms with Crippen LogP contribution >= 0.6 is 0 Å². The summed E-state index contributed by atoms with van der Waals surface area (Å²) in [6, 6.07) is 5.94. The third kappa shape index (κ3) is 5.09. The van der Waals surface area contributed by atoms with E-state index < -0.39 is 5.82 Å². The zero-order valence-corrected chi connectivity index (χ0v) is 12.1. The molecule has 0 saturated heterocycles. The monoisotopic (exact) mass is 280 g/mol. The molecule has 0 aliphatic carbocycles. The molecule has 0 saturated carbocycles. The molecule has 0 radical (unpaired) electrons. The van der Waals surface area contributed by atoms with Crippen molar-refractivity contribution in [1.82, 2.24) is 10.2 Å². The first kappa shape index (κ1) is 16.3. The van der Waals surface area contributed by atoms with Crippen LogP contribution in [-0.4, -0.2) is 42.3 Å². The van der Waals surface area contributed by atoms with E-state index in [0.717, 1.165) is 0 Å². The van der Waals surface area contributed by atoms with Gasteiger partial charge in [-0.05, 0) is 32.5 Å². The molecule has 20 heavy (non-hydrogen) atoms. The lowest BCUT2D eigenvalue weighted by molar-refractivity contribution is -0.122. The summed E-state index contributed by atoms with van der Waals surface area (Å²) >= 11 is 0. The molecule has 0 spiro atoms. The number of nitrogens with one attached hydrogen (secondary N) is 1. The van der Waals surface area contributed by atoms with E-state index in [2.05, 4.69) is 5.32 Å². The molecule has 0 fully saturated rings. The largest absolute Gasteiger partial charge is 0.353 e. The lowest BCUT2D eigenvalue weighted by Gasteiger charge is -2.20. The standard InChI is InChI=1S/C15H21FN2O2/c1-4-18(10-15(20)17-11(2)3)9-14(19)12-7-5-6-8-13(12)16/h5-8,11H,4,9-10H2,1-3H3,(H,17,20). The number of hydrogen-bond acceptors (Lipinski definition) is 3. The zero-order valence-electron chi connectivity index (χ0n) is 12.1. The minimum absolute atomic E-state index is 0.0307. The average molecular weight is 280 g/mol. The summed E-state index contributed by atoms with van der Waals surface area (Å²) in [5.74, 6) is -0.981. The van der Waals surface area contributed by atoms with E-state index in [4.69, 9.17) is 0 Å². The van der Waals surface area contributed by atoms with Crippen LogP contribution in [0.2, 0.25) is 0 Å². The molecule has 0 heterocycles. The van der Waals surface area contributed by atoms with Gasteiger partial charge in [0.1, 0.15) is 5.82 Å². The Morgan fingerprint density at radius 3 is 2.45 bits per heavy atom. The van der Waals surface area contributed by atoms with Crippen LogP contribution in [0.15, 0.2) is 24.3 Å². The second-order valence-corrected chi connectivity index (χ2v) is 4.93. The molecule has 5 heteroatoms. The Kier molecular flexibility index (Phi) is 6.31. The van der Waals surface area contributed by atoms with Crippen LogP contribution in [-0.2, 0) is 4.79 Å². The van der Waals surface area contributed by atoms with E-state index in [1.807, 2.05) is 20.8 Å². The van der Waals surface area contributed by atoms with Gasteiger partial charge in [0.25, 0.3) is 0 Å². The third-order valence-corrected chi connectivity index (χ3v) is 2.81. The number of carbonyl (C=O) groups excluding carboxylic acids is 2. The molecule has 1 rings (SSSR count). The summed E-state index contributed by atoms with van der Waals surface area (Å²) in [4.78, 5) is 25.4. The second kappa shape index (κ2) is 7.75. The number of nitrogens with zero attached hydrogens (tertiary/aromatic N) is 1. The SMILES string of the molecule is CCN(CC(=O)NC(C)C)CC(=O)c1ccccc1F. The molecule has 1 aromatic rings. The number of hydrogen-bond donors (Lipinski definition) is 1. The minimum Gasteiger partial charge on any atom is -0.353 e. The van der Waals surface area contributed by atoms with Crippen molar-refractivity contribution in [1.29, 1.82) is 0 Å². The minimum atomic E-state index is -0.528. The topological polar surface area (TPSA) is 49.4 Å². The van der Waals surface area contributed by atoms with E-state index in [-0.39, 0.29) is 36.4 Å². The van der Waals surface area contributed by atoms with Gasteiger partial charge in [0, 0.05) is 6.04 Å². The molecule has 1 aromatic carbocycles. The fourth-order valence-corrected chi connectivity index (χ4v) is 1.83. The molecule has 0 aliphatic rings. The van der Waals surface area contributed by atoms with Crippen molar-refractivity contribution in [3.8, 4) is 0 Å². The van der Waals surface area contributed by atoms with E-state index in [0.29, 0.717) is 6.54 Å². The van der Waals surface area contributed by atoms with Gasteiger partial charge in [-0.15, -0.1) is 0 Å². The Bertz CT molecular complexity index is 475. The number of benzene rings is 1. The molecular weight excluding hydrogens is 259 g/mol. The van der Waals surface area contributed by atoms with Gasteiger partial charge in [0.05, 0.1) is 18.7 Å². The average Bonchev–Trinajstić information content (AvgIpc) is 2.37. The van der Waals surface area contributed by atoms with E-state index in [1.54, 1.807) is 17.0 Å². The number of ketones is 1. The molecule has 0 unspecified atom stereocenters. The molecule has 0 aromatic heterocycles. The van der Waals surface area contributed by atoms with Crippen LogP contribution in [0, 0.1) is 5.82 Å². The van der Waals surface area contributed by atoms with Gasteiger partial charge in [-0.25, -0.2) is 4.39 Å². The Labute approximate surface area is 119 Å². The molecule has 1 amide bonds. The van der Waals surface area contributed by atoms with Crippen molar-refractivity contribution < 1.29 is 14.0 Å². The van der Waals surface area contributed by atoms with E-state index in [1.165, 1.54) is 12.1 Å². The molecule has 1 N–H and O–H groups in total. The number of halogens is 1. The molecule has 0 bridgehead atoms. The van der Waals surface area contributed by atoms with Gasteiger partial charge in [0.15, 0.2) is 5.78 Å². The fourth-order valence-electron chi connectivity index (χ4n) is 1.83. The van der Waals surface area contributed by atoms with Gasteiger partial charge in [0.2, 0.25) is 5.91 Å². The maximum atomic E-state index is 13.5. The Hall–Kier alpha value is -1.75. The molecule has 0 aliphatic heterocycles. The van der Waals surface area contributed by atoms with Gasteiger partial charge in [-0.1, -0.05) is 19.1 Å². The molecule has 110 valence electrons. The number of rotatable bonds is 7. The maximum Gasteiger partial charge on any atom is 0.234 e. The predicted octanol–water partition coefficient (Wildman–Crippen LogP) is 1.85. The van der Waals surface area contributed by atoms with Gasteiger partial charge in [-0.3, -0.25) is 14.5 Å². The lowest BCUT2D eigenvalue weighted by atomic mass is 10.1. The van der Waals surface area contributed by atoms with Crippen molar-refractivity contribution in [2.24, 2.45) is 0 Å². The zero-order chi connectivity index (χ0) is 15.1. The van der Waals surface area contributed by atoms with Crippen molar-refractivity contribution in [3.63, 3.8) is 0 Å². The van der Waals surface area contributed by atoms with Crippen molar-refractivity contribution in [2.45, 2.75) is 26.8 Å². The number of likely N-dealkylation sites (N-methyl/N-ethyl adjacent to an activating group) is 1. The van der Waals surface area contributed by atoms with Crippen molar-refractivity contribution in [2.75, 3.05) is 19.6 Å². The Balaban J connectivity index is 2.62. The van der Waals surface area contributed by atoms with Crippen LogP contribution < -0.4 is 5.32 Å². The Morgan fingerprint density at radius 1 is 1.25 bits per heavy atom. The van der Waals surface area contributed by atoms with Gasteiger partial charge in [-0.2, -0.15) is 0 Å². The van der Waals surface area contributed by atoms with Crippen LogP contribution in [0.1, 0.15) is 31.1 Å². The van der Waals surface area contributed by atoms with Crippen molar-refractivity contribution in [3.05, 3.63) is 35.6 Å². The van der Waals surface area contributed by atoms with Gasteiger partial charge >= 0.3 is 0 Å². The number of carbonyl (C=O) groups is 2. The first-order valence-corrected chi connectivity index (χ1v) is 6.73. The number of amides is 1. The van der Waals surface area contributed by atoms with Crippen LogP contribution in [0.3, 0.4) is 0 Å². The summed E-state index contributed by atoms with van der Waals surface area (Å²) in [5.41, 5.74) is 0.0650. The highest BCUT2D eigenvalue weighted by Crippen LogP contribution is 2.08. The van der Waals surface area contributed by atoms with Crippen LogP contribution in [0.4, 0.5) is 4.39 Å². The van der Waals surface area contributed by atoms with E-state index in [9.17, 15) is 14.0 Å². The molecule has 0 atom stereocenters. The summed E-state index contributed by atoms with van der Waals surface area (Å²) in [6.07, 6.45) is 0. The normalized spacial score (nSPS) is 10.9. The smallest absolute Gasteiger partial charge is 0.234 e. The quantitative estimate of drug-likeness (QED) is 0.776. The predicted molar refractivity (Wildman–Crippen MR) is 76.1 cm³/mol. The first-order valence-electron chi connectivity index (χ1n) is 6.73. The summed E-state index contributed by atoms with van der Waals surface area (Å²) in [7, 11) is 0. The maximum absolute atomic E-state index is 13.5. The highest BCUT2D eigenvalue weighted by Gasteiger charge is 2.17. The van der Waals surface area contributed by atoms with E-state index >= 15 is 0 Å². The summed E-state index contributed by atoms with van der Waals surface area (Å²) in [5, 5.41) is 2.77. The first-order chi connectivity index (χ1) is 9.43. The lowest BCUT2D eigenvalue weighted by Crippen LogP contribution is -2.42. The number of Topliss-reactive ketones (excluding diaryl/α,β-unsaturated/α-hetero) is 1. The Morgan fingerprint density at radius 2 is 1.90 bits per heavy atom. The highest BCUT2D eigenvalue weighted by atomic mass is 19.1. The van der Waals surface area contributed by atoms with Crippen LogP contribution in [0.5, 0.6) is 0 Å². The fraction of sp³-hybridized carbons (Fsp3) is 0.467. The summed E-state index contributed by atoms with van der Waals surface area (Å²) in [6.45, 7) is 6.32. The highest BCUT2D eigenvalue weighted by molar-refractivity contribution is 5.98.